The molecule has 0 spiro atoms. The van der Waals surface area contributed by atoms with Gasteiger partial charge >= 0.3 is 46.1 Å². The van der Waals surface area contributed by atoms with Crippen LogP contribution in [0.15, 0.2) is 0 Å². The molecule has 0 nitrogen and oxygen atoms in total. The summed E-state index contributed by atoms with van der Waals surface area (Å²) in [4.78, 5) is 0. The van der Waals surface area contributed by atoms with Crippen molar-refractivity contribution in [2.45, 2.75) is 26.7 Å². The van der Waals surface area contributed by atoms with E-state index in [-0.39, 0.29) is 51.8 Å². The van der Waals surface area contributed by atoms with Crippen molar-refractivity contribution in [3.05, 3.63) is 0 Å². The molecular weight excluding hydrogens is 96.7 g/mol. The van der Waals surface area contributed by atoms with Crippen LogP contribution in [0.3, 0.4) is 0 Å². The number of unbranched alkanes of at least 4 members (excludes halogenated alkanes) is 1. The molecule has 0 rings (SSSR count). The SMILES string of the molecule is CCCC.[H-].[H-].[H-].[H-].[Mg+2].[Mg+2]. The Morgan fingerprint density at radius 3 is 1.17 bits per heavy atom. The molecule has 0 saturated carbocycles. The van der Waals surface area contributed by atoms with E-state index in [1.165, 1.54) is 12.8 Å². The second kappa shape index (κ2) is 16.0. The quantitative estimate of drug-likeness (QED) is 0.449. The van der Waals surface area contributed by atoms with Crippen molar-refractivity contribution in [2.24, 2.45) is 0 Å². The van der Waals surface area contributed by atoms with Gasteiger partial charge in [0.25, 0.3) is 0 Å². The molecule has 0 N–H and O–H groups in total. The van der Waals surface area contributed by atoms with E-state index in [2.05, 4.69) is 13.8 Å². The fraction of sp³-hybridized carbons (Fsp3) is 1.00. The first kappa shape index (κ1) is 15.6. The Morgan fingerprint density at radius 1 is 1.00 bits per heavy atom. The topological polar surface area (TPSA) is 0 Å². The zero-order valence-corrected chi connectivity index (χ0v) is 7.66. The van der Waals surface area contributed by atoms with Crippen LogP contribution < -0.4 is 0 Å². The van der Waals surface area contributed by atoms with E-state index in [4.69, 9.17) is 0 Å². The molecule has 0 amide bonds. The van der Waals surface area contributed by atoms with Gasteiger partial charge in [-0.2, -0.15) is 0 Å². The maximum absolute atomic E-state index is 2.18. The van der Waals surface area contributed by atoms with Gasteiger partial charge in [-0.05, 0) is 0 Å². The Morgan fingerprint density at radius 2 is 1.17 bits per heavy atom. The van der Waals surface area contributed by atoms with E-state index in [0.717, 1.165) is 0 Å². The molecule has 34 valence electrons. The molecular formula is C4H14Mg2. The minimum atomic E-state index is 0. The average molecular weight is 111 g/mol. The fourth-order valence-corrected chi connectivity index (χ4v) is 0. The van der Waals surface area contributed by atoms with Crippen molar-refractivity contribution in [1.29, 1.82) is 0 Å². The van der Waals surface area contributed by atoms with E-state index in [0.29, 0.717) is 0 Å². The molecule has 0 heterocycles. The van der Waals surface area contributed by atoms with Crippen LogP contribution in [0, 0.1) is 0 Å². The second-order valence-electron chi connectivity index (χ2n) is 1.000. The Labute approximate surface area is 78.3 Å². The van der Waals surface area contributed by atoms with E-state index in [1.54, 1.807) is 0 Å². The zero-order chi connectivity index (χ0) is 3.41. The van der Waals surface area contributed by atoms with Gasteiger partial charge in [-0.25, -0.2) is 0 Å². The van der Waals surface area contributed by atoms with Crippen LogP contribution in [0.5, 0.6) is 0 Å². The number of hydrogen-bond acceptors (Lipinski definition) is 0. The molecule has 0 fully saturated rings. The average Bonchev–Trinajstić information content (AvgIpc) is 1.37. The third kappa shape index (κ3) is 17.7. The molecule has 0 aromatic heterocycles. The standard InChI is InChI=1S/C4H10.2Mg.4H/c1-3-4-2;;;;;;/h3-4H2,1-2H3;;;;;;/q;2*+2;4*-1. The van der Waals surface area contributed by atoms with Crippen LogP contribution in [0.25, 0.3) is 0 Å². The van der Waals surface area contributed by atoms with Gasteiger partial charge in [0, 0.05) is 0 Å². The molecule has 6 heavy (non-hydrogen) atoms. The molecule has 0 bridgehead atoms. The first-order valence-electron chi connectivity index (χ1n) is 1.91. The summed E-state index contributed by atoms with van der Waals surface area (Å²) in [6.07, 6.45) is 2.64. The van der Waals surface area contributed by atoms with Crippen LogP contribution >= 0.6 is 0 Å². The van der Waals surface area contributed by atoms with E-state index < -0.39 is 0 Å². The molecule has 0 aromatic carbocycles. The second-order valence-corrected chi connectivity index (χ2v) is 1.000. The van der Waals surface area contributed by atoms with Gasteiger partial charge in [0.15, 0.2) is 0 Å². The first-order chi connectivity index (χ1) is 1.91. The number of hydrogen-bond donors (Lipinski definition) is 0. The molecule has 0 aliphatic rings. The van der Waals surface area contributed by atoms with Crippen LogP contribution in [0.2, 0.25) is 0 Å². The molecule has 0 saturated heterocycles. The van der Waals surface area contributed by atoms with Crippen molar-refractivity contribution >= 4 is 46.1 Å². The van der Waals surface area contributed by atoms with Gasteiger partial charge in [-0.1, -0.05) is 26.7 Å². The largest absolute Gasteiger partial charge is 2.00 e. The van der Waals surface area contributed by atoms with Crippen LogP contribution in [-0.4, -0.2) is 46.1 Å². The third-order valence-corrected chi connectivity index (χ3v) is 0.500. The third-order valence-electron chi connectivity index (χ3n) is 0.500. The summed E-state index contributed by atoms with van der Waals surface area (Å²) in [6.45, 7) is 4.36. The predicted octanol–water partition coefficient (Wildman–Crippen LogP) is 1.49. The van der Waals surface area contributed by atoms with Crippen LogP contribution in [0.1, 0.15) is 32.4 Å². The smallest absolute Gasteiger partial charge is 1.00 e. The molecule has 0 radical (unpaired) electrons. The number of rotatable bonds is 1. The summed E-state index contributed by atoms with van der Waals surface area (Å²) in [6, 6.07) is 0. The van der Waals surface area contributed by atoms with Crippen molar-refractivity contribution < 1.29 is 5.71 Å². The Bertz CT molecular complexity index is 17.2. The molecule has 0 aliphatic heterocycles. The Hall–Kier alpha value is 1.53. The normalized spacial score (nSPS) is 5.00. The van der Waals surface area contributed by atoms with Crippen molar-refractivity contribution in [3.8, 4) is 0 Å². The first-order valence-corrected chi connectivity index (χ1v) is 1.91. The van der Waals surface area contributed by atoms with E-state index in [9.17, 15) is 0 Å². The maximum atomic E-state index is 2.18. The van der Waals surface area contributed by atoms with Crippen LogP contribution in [0.4, 0.5) is 0 Å². The van der Waals surface area contributed by atoms with Gasteiger partial charge in [0.05, 0.1) is 0 Å². The van der Waals surface area contributed by atoms with E-state index in [1.807, 2.05) is 0 Å². The molecule has 0 aliphatic carbocycles. The van der Waals surface area contributed by atoms with Gasteiger partial charge in [-0.15, -0.1) is 0 Å². The van der Waals surface area contributed by atoms with Crippen molar-refractivity contribution in [1.82, 2.24) is 0 Å². The van der Waals surface area contributed by atoms with Crippen molar-refractivity contribution in [3.63, 3.8) is 0 Å². The van der Waals surface area contributed by atoms with Gasteiger partial charge in [-0.3, -0.25) is 0 Å². The van der Waals surface area contributed by atoms with Gasteiger partial charge in [0.1, 0.15) is 0 Å². The Kier molecular flexibility index (Phi) is 41.8. The maximum Gasteiger partial charge on any atom is 2.00 e. The molecule has 0 unspecified atom stereocenters. The van der Waals surface area contributed by atoms with Gasteiger partial charge < -0.3 is 5.71 Å². The van der Waals surface area contributed by atoms with Crippen LogP contribution in [-0.2, 0) is 0 Å². The fourth-order valence-electron chi connectivity index (χ4n) is 0. The monoisotopic (exact) mass is 110 g/mol. The molecule has 0 atom stereocenters. The summed E-state index contributed by atoms with van der Waals surface area (Å²) in [5, 5.41) is 0. The molecule has 0 aromatic rings. The summed E-state index contributed by atoms with van der Waals surface area (Å²) in [5.74, 6) is 0. The molecule has 2 heteroatoms. The summed E-state index contributed by atoms with van der Waals surface area (Å²) >= 11 is 0. The predicted molar refractivity (Wildman–Crippen MR) is 36.5 cm³/mol. The van der Waals surface area contributed by atoms with Gasteiger partial charge in [0.2, 0.25) is 0 Å². The minimum Gasteiger partial charge on any atom is -1.00 e. The summed E-state index contributed by atoms with van der Waals surface area (Å²) in [7, 11) is 0. The van der Waals surface area contributed by atoms with E-state index >= 15 is 0 Å². The summed E-state index contributed by atoms with van der Waals surface area (Å²) < 4.78 is 0. The Balaban J connectivity index is -0.00000000300. The van der Waals surface area contributed by atoms with Crippen molar-refractivity contribution in [2.75, 3.05) is 0 Å². The summed E-state index contributed by atoms with van der Waals surface area (Å²) in [5.41, 5.74) is 0. The zero-order valence-electron chi connectivity index (χ0n) is 8.83. The minimum absolute atomic E-state index is 0.